The first-order valence-electron chi connectivity index (χ1n) is 11.2. The minimum Gasteiger partial charge on any atom is -0.344 e. The molecule has 7 heteroatoms. The van der Waals surface area contributed by atoms with Crippen molar-refractivity contribution in [3.63, 3.8) is 0 Å². The van der Waals surface area contributed by atoms with Crippen LogP contribution in [0.25, 0.3) is 0 Å². The number of nitrogens with zero attached hydrogens (tertiary/aromatic N) is 2. The lowest BCUT2D eigenvalue weighted by Crippen LogP contribution is -2.55. The van der Waals surface area contributed by atoms with E-state index >= 15 is 0 Å². The van der Waals surface area contributed by atoms with Crippen molar-refractivity contribution in [2.24, 2.45) is 11.8 Å². The van der Waals surface area contributed by atoms with Gasteiger partial charge in [0.25, 0.3) is 5.91 Å². The zero-order valence-corrected chi connectivity index (χ0v) is 17.3. The highest BCUT2D eigenvalue weighted by molar-refractivity contribution is 5.94. The van der Waals surface area contributed by atoms with Crippen LogP contribution in [0.4, 0.5) is 4.39 Å². The molecular formula is C23H30FN3O3. The van der Waals surface area contributed by atoms with Crippen molar-refractivity contribution < 1.29 is 18.8 Å². The highest BCUT2D eigenvalue weighted by Crippen LogP contribution is 2.30. The van der Waals surface area contributed by atoms with Crippen LogP contribution in [-0.2, 0) is 9.59 Å². The number of carbonyl (C=O) groups excluding carboxylic acids is 3. The molecule has 1 unspecified atom stereocenters. The van der Waals surface area contributed by atoms with Crippen LogP contribution in [0.2, 0.25) is 0 Å². The summed E-state index contributed by atoms with van der Waals surface area (Å²) in [6, 6.07) is 5.09. The number of likely N-dealkylation sites (tertiary alicyclic amines) is 2. The lowest BCUT2D eigenvalue weighted by atomic mass is 9.87. The Morgan fingerprint density at radius 3 is 2.10 bits per heavy atom. The van der Waals surface area contributed by atoms with Gasteiger partial charge in [-0.2, -0.15) is 0 Å². The van der Waals surface area contributed by atoms with Gasteiger partial charge in [-0.3, -0.25) is 14.4 Å². The van der Waals surface area contributed by atoms with E-state index in [0.717, 1.165) is 45.2 Å². The first kappa shape index (κ1) is 20.8. The molecule has 2 aliphatic heterocycles. The zero-order chi connectivity index (χ0) is 21.1. The van der Waals surface area contributed by atoms with Crippen LogP contribution < -0.4 is 5.32 Å². The van der Waals surface area contributed by atoms with Gasteiger partial charge in [0.2, 0.25) is 11.8 Å². The van der Waals surface area contributed by atoms with Crippen molar-refractivity contribution in [1.29, 1.82) is 0 Å². The Morgan fingerprint density at radius 2 is 1.50 bits per heavy atom. The Balaban J connectivity index is 1.40. The molecule has 3 amide bonds. The number of nitrogens with one attached hydrogen (secondary N) is 1. The van der Waals surface area contributed by atoms with Gasteiger partial charge in [-0.1, -0.05) is 0 Å². The Kier molecular flexibility index (Phi) is 6.35. The Hall–Kier alpha value is -2.44. The van der Waals surface area contributed by atoms with Gasteiger partial charge in [-0.25, -0.2) is 4.39 Å². The fourth-order valence-corrected chi connectivity index (χ4v) is 4.52. The fourth-order valence-electron chi connectivity index (χ4n) is 4.52. The molecule has 0 aromatic heterocycles. The number of hydrogen-bond acceptors (Lipinski definition) is 3. The number of piperidine rings is 2. The second kappa shape index (κ2) is 9.14. The van der Waals surface area contributed by atoms with Gasteiger partial charge in [-0.15, -0.1) is 0 Å². The summed E-state index contributed by atoms with van der Waals surface area (Å²) in [5.74, 6) is -0.367. The summed E-state index contributed by atoms with van der Waals surface area (Å²) in [4.78, 5) is 42.1. The summed E-state index contributed by atoms with van der Waals surface area (Å²) >= 11 is 0. The van der Waals surface area contributed by atoms with Gasteiger partial charge in [0.1, 0.15) is 11.9 Å². The van der Waals surface area contributed by atoms with E-state index in [1.165, 1.54) is 24.3 Å². The second-order valence-electron chi connectivity index (χ2n) is 8.78. The van der Waals surface area contributed by atoms with Crippen LogP contribution >= 0.6 is 0 Å². The molecule has 2 heterocycles. The first-order chi connectivity index (χ1) is 14.5. The van der Waals surface area contributed by atoms with Crippen molar-refractivity contribution in [3.05, 3.63) is 35.6 Å². The topological polar surface area (TPSA) is 69.7 Å². The molecule has 4 rings (SSSR count). The SMILES string of the molecule is O=C(NC(C(=O)N1CCCCC1)C1CCN(C(=O)c2ccc(F)cc2)CC1)C1CC1. The van der Waals surface area contributed by atoms with E-state index in [4.69, 9.17) is 0 Å². The quantitative estimate of drug-likeness (QED) is 0.804. The normalized spacial score (nSPS) is 21.2. The molecule has 30 heavy (non-hydrogen) atoms. The molecule has 1 aromatic carbocycles. The van der Waals surface area contributed by atoms with E-state index in [9.17, 15) is 18.8 Å². The number of rotatable bonds is 5. The molecule has 6 nitrogen and oxygen atoms in total. The molecule has 0 bridgehead atoms. The summed E-state index contributed by atoms with van der Waals surface area (Å²) in [6.07, 6.45) is 6.32. The van der Waals surface area contributed by atoms with Crippen LogP contribution in [0.3, 0.4) is 0 Å². The number of hydrogen-bond donors (Lipinski definition) is 1. The van der Waals surface area contributed by atoms with Crippen molar-refractivity contribution in [1.82, 2.24) is 15.1 Å². The largest absolute Gasteiger partial charge is 0.344 e. The molecular weight excluding hydrogens is 385 g/mol. The molecule has 1 N–H and O–H groups in total. The predicted molar refractivity (Wildman–Crippen MR) is 110 cm³/mol. The lowest BCUT2D eigenvalue weighted by Gasteiger charge is -2.38. The summed E-state index contributed by atoms with van der Waals surface area (Å²) in [7, 11) is 0. The maximum Gasteiger partial charge on any atom is 0.253 e. The monoisotopic (exact) mass is 415 g/mol. The third-order valence-electron chi connectivity index (χ3n) is 6.57. The summed E-state index contributed by atoms with van der Waals surface area (Å²) in [6.45, 7) is 2.58. The van der Waals surface area contributed by atoms with E-state index in [0.29, 0.717) is 31.5 Å². The van der Waals surface area contributed by atoms with Gasteiger partial charge in [-0.05, 0) is 75.1 Å². The van der Waals surface area contributed by atoms with Crippen LogP contribution in [0, 0.1) is 17.7 Å². The number of halogens is 1. The number of benzene rings is 1. The molecule has 1 atom stereocenters. The standard InChI is InChI=1S/C23H30FN3O3/c24-19-8-6-18(7-9-19)22(29)27-14-10-16(11-15-27)20(25-21(28)17-4-5-17)23(30)26-12-2-1-3-13-26/h6-9,16-17,20H,1-5,10-15H2,(H,25,28). The smallest absolute Gasteiger partial charge is 0.253 e. The first-order valence-corrected chi connectivity index (χ1v) is 11.2. The zero-order valence-electron chi connectivity index (χ0n) is 17.3. The van der Waals surface area contributed by atoms with E-state index < -0.39 is 6.04 Å². The fraction of sp³-hybridized carbons (Fsp3) is 0.609. The minimum absolute atomic E-state index is 0.00447. The van der Waals surface area contributed by atoms with Crippen molar-refractivity contribution in [2.45, 2.75) is 51.0 Å². The maximum absolute atomic E-state index is 13.2. The number of amides is 3. The third kappa shape index (κ3) is 4.82. The van der Waals surface area contributed by atoms with E-state index in [1.807, 2.05) is 4.90 Å². The van der Waals surface area contributed by atoms with Gasteiger partial charge in [0, 0.05) is 37.7 Å². The highest BCUT2D eigenvalue weighted by Gasteiger charge is 2.39. The predicted octanol–water partition coefficient (Wildman–Crippen LogP) is 2.59. The van der Waals surface area contributed by atoms with Gasteiger partial charge in [0.05, 0.1) is 0 Å². The van der Waals surface area contributed by atoms with Crippen LogP contribution in [0.15, 0.2) is 24.3 Å². The molecule has 1 aromatic rings. The number of carbonyl (C=O) groups is 3. The summed E-state index contributed by atoms with van der Waals surface area (Å²) in [5, 5.41) is 3.05. The van der Waals surface area contributed by atoms with Gasteiger partial charge < -0.3 is 15.1 Å². The molecule has 1 saturated carbocycles. The molecule has 3 aliphatic rings. The molecule has 0 radical (unpaired) electrons. The third-order valence-corrected chi connectivity index (χ3v) is 6.57. The van der Waals surface area contributed by atoms with Crippen LogP contribution in [-0.4, -0.2) is 59.7 Å². The lowest BCUT2D eigenvalue weighted by molar-refractivity contribution is -0.139. The minimum atomic E-state index is -0.501. The van der Waals surface area contributed by atoms with Crippen LogP contribution in [0.5, 0.6) is 0 Å². The van der Waals surface area contributed by atoms with Crippen molar-refractivity contribution >= 4 is 17.7 Å². The molecule has 162 valence electrons. The Labute approximate surface area is 176 Å². The van der Waals surface area contributed by atoms with Gasteiger partial charge >= 0.3 is 0 Å². The molecule has 2 saturated heterocycles. The van der Waals surface area contributed by atoms with Crippen molar-refractivity contribution in [2.75, 3.05) is 26.2 Å². The molecule has 0 spiro atoms. The highest BCUT2D eigenvalue weighted by atomic mass is 19.1. The summed E-state index contributed by atoms with van der Waals surface area (Å²) in [5.41, 5.74) is 0.470. The van der Waals surface area contributed by atoms with Crippen LogP contribution in [0.1, 0.15) is 55.3 Å². The summed E-state index contributed by atoms with van der Waals surface area (Å²) < 4.78 is 13.1. The van der Waals surface area contributed by atoms with E-state index in [2.05, 4.69) is 5.32 Å². The van der Waals surface area contributed by atoms with Crippen molar-refractivity contribution in [3.8, 4) is 0 Å². The Bertz CT molecular complexity index is 779. The van der Waals surface area contributed by atoms with E-state index in [-0.39, 0.29) is 35.4 Å². The maximum atomic E-state index is 13.2. The van der Waals surface area contributed by atoms with E-state index in [1.54, 1.807) is 4.90 Å². The molecule has 3 fully saturated rings. The second-order valence-corrected chi connectivity index (χ2v) is 8.78. The Morgan fingerprint density at radius 1 is 0.867 bits per heavy atom. The van der Waals surface area contributed by atoms with Gasteiger partial charge in [0.15, 0.2) is 0 Å². The average Bonchev–Trinajstić information content (AvgIpc) is 3.63. The molecule has 1 aliphatic carbocycles. The average molecular weight is 416 g/mol.